The van der Waals surface area contributed by atoms with Gasteiger partial charge in [-0.1, -0.05) is 0 Å². The molecule has 0 saturated heterocycles. The third-order valence-electron chi connectivity index (χ3n) is 1.87. The van der Waals surface area contributed by atoms with Crippen LogP contribution in [-0.4, -0.2) is 30.6 Å². The highest BCUT2D eigenvalue weighted by Crippen LogP contribution is 2.19. The molecule has 0 aromatic carbocycles. The Labute approximate surface area is 83.3 Å². The lowest BCUT2D eigenvalue weighted by Gasteiger charge is -2.19. The van der Waals surface area contributed by atoms with Crippen molar-refractivity contribution >= 4 is 23.1 Å². The molecule has 1 rings (SSSR count). The van der Waals surface area contributed by atoms with Crippen LogP contribution < -0.4 is 10.6 Å². The SMILES string of the molecule is CSCCN(C)c1ccncc1N. The number of anilines is 2. The second kappa shape index (κ2) is 4.97. The molecule has 0 spiro atoms. The number of hydrogen-bond acceptors (Lipinski definition) is 4. The van der Waals surface area contributed by atoms with Crippen molar-refractivity contribution in [2.24, 2.45) is 0 Å². The van der Waals surface area contributed by atoms with Crippen molar-refractivity contribution in [1.29, 1.82) is 0 Å². The van der Waals surface area contributed by atoms with Crippen LogP contribution in [0.5, 0.6) is 0 Å². The molecule has 0 amide bonds. The van der Waals surface area contributed by atoms with E-state index >= 15 is 0 Å². The van der Waals surface area contributed by atoms with Crippen LogP contribution in [0.25, 0.3) is 0 Å². The number of aromatic nitrogens is 1. The highest BCUT2D eigenvalue weighted by molar-refractivity contribution is 7.98. The van der Waals surface area contributed by atoms with E-state index in [0.29, 0.717) is 0 Å². The zero-order valence-electron chi connectivity index (χ0n) is 8.03. The van der Waals surface area contributed by atoms with E-state index in [-0.39, 0.29) is 0 Å². The summed E-state index contributed by atoms with van der Waals surface area (Å²) in [6.45, 7) is 1.01. The number of rotatable bonds is 4. The van der Waals surface area contributed by atoms with Crippen molar-refractivity contribution in [2.45, 2.75) is 0 Å². The molecule has 0 radical (unpaired) electrons. The first-order valence-electron chi connectivity index (χ1n) is 4.15. The molecule has 0 aliphatic rings. The lowest BCUT2D eigenvalue weighted by molar-refractivity contribution is 0.977. The Morgan fingerprint density at radius 1 is 1.62 bits per heavy atom. The maximum Gasteiger partial charge on any atom is 0.0738 e. The summed E-state index contributed by atoms with van der Waals surface area (Å²) in [7, 11) is 2.04. The Kier molecular flexibility index (Phi) is 3.89. The second-order valence-electron chi connectivity index (χ2n) is 2.85. The van der Waals surface area contributed by atoms with Crippen LogP contribution in [0.15, 0.2) is 18.5 Å². The third-order valence-corrected chi connectivity index (χ3v) is 2.46. The predicted molar refractivity (Wildman–Crippen MR) is 60.3 cm³/mol. The quantitative estimate of drug-likeness (QED) is 0.793. The van der Waals surface area contributed by atoms with E-state index in [1.54, 1.807) is 12.4 Å². The van der Waals surface area contributed by atoms with Gasteiger partial charge in [0, 0.05) is 25.5 Å². The fraction of sp³-hybridized carbons (Fsp3) is 0.444. The molecule has 0 bridgehead atoms. The van der Waals surface area contributed by atoms with Gasteiger partial charge >= 0.3 is 0 Å². The van der Waals surface area contributed by atoms with Crippen LogP contribution in [0, 0.1) is 0 Å². The minimum Gasteiger partial charge on any atom is -0.396 e. The topological polar surface area (TPSA) is 42.2 Å². The van der Waals surface area contributed by atoms with Gasteiger partial charge in [-0.2, -0.15) is 11.8 Å². The molecule has 2 N–H and O–H groups in total. The van der Waals surface area contributed by atoms with E-state index in [1.807, 2.05) is 24.9 Å². The van der Waals surface area contributed by atoms with Crippen molar-refractivity contribution in [3.8, 4) is 0 Å². The van der Waals surface area contributed by atoms with Gasteiger partial charge in [0.25, 0.3) is 0 Å². The summed E-state index contributed by atoms with van der Waals surface area (Å²) in [4.78, 5) is 6.10. The minimum absolute atomic E-state index is 0.742. The first-order chi connectivity index (χ1) is 6.25. The van der Waals surface area contributed by atoms with E-state index in [4.69, 9.17) is 5.73 Å². The number of thioether (sulfide) groups is 1. The van der Waals surface area contributed by atoms with E-state index in [1.165, 1.54) is 0 Å². The number of nitrogens with two attached hydrogens (primary N) is 1. The number of nitrogen functional groups attached to an aromatic ring is 1. The van der Waals surface area contributed by atoms with E-state index in [2.05, 4.69) is 16.1 Å². The highest BCUT2D eigenvalue weighted by atomic mass is 32.2. The van der Waals surface area contributed by atoms with E-state index in [0.717, 1.165) is 23.7 Å². The van der Waals surface area contributed by atoms with Gasteiger partial charge in [-0.15, -0.1) is 0 Å². The van der Waals surface area contributed by atoms with Crippen LogP contribution in [0.4, 0.5) is 11.4 Å². The molecule has 1 aromatic heterocycles. The summed E-state index contributed by atoms with van der Waals surface area (Å²) in [6, 6.07) is 1.94. The lowest BCUT2D eigenvalue weighted by atomic mass is 10.3. The molecule has 1 aromatic rings. The van der Waals surface area contributed by atoms with Crippen LogP contribution in [0.2, 0.25) is 0 Å². The molecule has 0 atom stereocenters. The molecule has 0 fully saturated rings. The molecule has 0 aliphatic heterocycles. The molecular formula is C9H15N3S. The Balaban J connectivity index is 2.65. The smallest absolute Gasteiger partial charge is 0.0738 e. The van der Waals surface area contributed by atoms with Gasteiger partial charge in [-0.3, -0.25) is 4.98 Å². The monoisotopic (exact) mass is 197 g/mol. The Hall–Kier alpha value is -0.900. The van der Waals surface area contributed by atoms with Gasteiger partial charge in [0.2, 0.25) is 0 Å². The lowest BCUT2D eigenvalue weighted by Crippen LogP contribution is -2.21. The van der Waals surface area contributed by atoms with Gasteiger partial charge in [0.15, 0.2) is 0 Å². The molecule has 13 heavy (non-hydrogen) atoms. The average Bonchev–Trinajstić information content (AvgIpc) is 2.15. The Morgan fingerprint density at radius 2 is 2.38 bits per heavy atom. The zero-order valence-corrected chi connectivity index (χ0v) is 8.84. The van der Waals surface area contributed by atoms with Crippen molar-refractivity contribution in [3.63, 3.8) is 0 Å². The van der Waals surface area contributed by atoms with Gasteiger partial charge in [0.05, 0.1) is 17.6 Å². The standard InChI is InChI=1S/C9H15N3S/c1-12(5-6-13-2)9-3-4-11-7-8(9)10/h3-4,7H,5-6,10H2,1-2H3. The zero-order chi connectivity index (χ0) is 9.68. The van der Waals surface area contributed by atoms with Gasteiger partial charge in [0.1, 0.15) is 0 Å². The molecule has 0 unspecified atom stereocenters. The largest absolute Gasteiger partial charge is 0.396 e. The second-order valence-corrected chi connectivity index (χ2v) is 3.83. The van der Waals surface area contributed by atoms with Crippen LogP contribution in [0.3, 0.4) is 0 Å². The van der Waals surface area contributed by atoms with E-state index < -0.39 is 0 Å². The van der Waals surface area contributed by atoms with Gasteiger partial charge in [-0.05, 0) is 12.3 Å². The summed E-state index contributed by atoms with van der Waals surface area (Å²) in [5, 5.41) is 0. The summed E-state index contributed by atoms with van der Waals surface area (Å²) < 4.78 is 0. The summed E-state index contributed by atoms with van der Waals surface area (Å²) in [5.41, 5.74) is 7.58. The number of pyridine rings is 1. The fourth-order valence-electron chi connectivity index (χ4n) is 1.10. The maximum absolute atomic E-state index is 5.78. The first-order valence-corrected chi connectivity index (χ1v) is 5.54. The van der Waals surface area contributed by atoms with E-state index in [9.17, 15) is 0 Å². The highest BCUT2D eigenvalue weighted by Gasteiger charge is 2.03. The predicted octanol–water partition coefficient (Wildman–Crippen LogP) is 1.46. The van der Waals surface area contributed by atoms with Gasteiger partial charge in [-0.25, -0.2) is 0 Å². The Morgan fingerprint density at radius 3 is 3.00 bits per heavy atom. The summed E-state index contributed by atoms with van der Waals surface area (Å²) in [6.07, 6.45) is 5.55. The fourth-order valence-corrected chi connectivity index (χ4v) is 1.55. The molecule has 1 heterocycles. The van der Waals surface area contributed by atoms with Gasteiger partial charge < -0.3 is 10.6 Å². The van der Waals surface area contributed by atoms with Crippen molar-refractivity contribution in [2.75, 3.05) is 36.2 Å². The molecule has 0 saturated carbocycles. The van der Waals surface area contributed by atoms with Crippen molar-refractivity contribution in [3.05, 3.63) is 18.5 Å². The van der Waals surface area contributed by atoms with Crippen LogP contribution in [0.1, 0.15) is 0 Å². The normalized spacial score (nSPS) is 10.0. The Bertz CT molecular complexity index is 265. The summed E-state index contributed by atoms with van der Waals surface area (Å²) in [5.74, 6) is 1.11. The number of hydrogen-bond donors (Lipinski definition) is 1. The third kappa shape index (κ3) is 2.81. The molecule has 3 nitrogen and oxygen atoms in total. The first kappa shape index (κ1) is 10.2. The summed E-state index contributed by atoms with van der Waals surface area (Å²) >= 11 is 1.83. The molecular weight excluding hydrogens is 182 g/mol. The number of nitrogens with zero attached hydrogens (tertiary/aromatic N) is 2. The minimum atomic E-state index is 0.742. The molecule has 72 valence electrons. The molecule has 0 aliphatic carbocycles. The molecule has 4 heteroatoms. The maximum atomic E-state index is 5.78. The van der Waals surface area contributed by atoms with Crippen LogP contribution >= 0.6 is 11.8 Å². The van der Waals surface area contributed by atoms with Crippen molar-refractivity contribution in [1.82, 2.24) is 4.98 Å². The average molecular weight is 197 g/mol. The van der Waals surface area contributed by atoms with Crippen LogP contribution in [-0.2, 0) is 0 Å². The van der Waals surface area contributed by atoms with Crippen molar-refractivity contribution < 1.29 is 0 Å².